The fraction of sp³-hybridized carbons (Fsp3) is 0.818. The molecule has 0 heterocycles. The number of esters is 1. The normalized spacial score (nSPS) is 28.5. The highest BCUT2D eigenvalue weighted by molar-refractivity contribution is 5.73. The van der Waals surface area contributed by atoms with Gasteiger partial charge in [-0.25, -0.2) is 0 Å². The van der Waals surface area contributed by atoms with Crippen LogP contribution in [0.4, 0.5) is 0 Å². The van der Waals surface area contributed by atoms with Crippen LogP contribution in [0.5, 0.6) is 0 Å². The number of carbonyl (C=O) groups is 1. The zero-order valence-electron chi connectivity index (χ0n) is 8.58. The molecule has 0 amide bonds. The van der Waals surface area contributed by atoms with Crippen molar-refractivity contribution in [3.05, 3.63) is 6.42 Å². The fourth-order valence-corrected chi connectivity index (χ4v) is 2.10. The topological polar surface area (TPSA) is 26.3 Å². The molecule has 75 valence electrons. The average Bonchev–Trinajstić information content (AvgIpc) is 2.18. The summed E-state index contributed by atoms with van der Waals surface area (Å²) in [5.41, 5.74) is 0. The Kier molecular flexibility index (Phi) is 4.26. The smallest absolute Gasteiger partial charge is 0.309 e. The fourth-order valence-electron chi connectivity index (χ4n) is 2.10. The first kappa shape index (κ1) is 10.6. The van der Waals surface area contributed by atoms with Crippen LogP contribution in [0, 0.1) is 18.3 Å². The van der Waals surface area contributed by atoms with Gasteiger partial charge in [0.1, 0.15) is 0 Å². The molecule has 0 aromatic heterocycles. The van der Waals surface area contributed by atoms with Gasteiger partial charge in [0.25, 0.3) is 0 Å². The van der Waals surface area contributed by atoms with Crippen molar-refractivity contribution in [2.24, 2.45) is 11.8 Å². The summed E-state index contributed by atoms with van der Waals surface area (Å²) in [7, 11) is 0. The highest BCUT2D eigenvalue weighted by atomic mass is 16.5. The highest BCUT2D eigenvalue weighted by Gasteiger charge is 2.30. The Labute approximate surface area is 80.7 Å². The second-order valence-corrected chi connectivity index (χ2v) is 3.64. The molecule has 0 aliphatic heterocycles. The number of rotatable bonds is 3. The molecule has 0 bridgehead atoms. The molecule has 1 radical (unpaired) electrons. The Morgan fingerprint density at radius 2 is 2.15 bits per heavy atom. The minimum absolute atomic E-state index is 0.00491. The summed E-state index contributed by atoms with van der Waals surface area (Å²) in [5.74, 6) is 0.594. The average molecular weight is 183 g/mol. The third kappa shape index (κ3) is 2.71. The van der Waals surface area contributed by atoms with E-state index in [1.165, 1.54) is 12.8 Å². The van der Waals surface area contributed by atoms with E-state index < -0.39 is 0 Å². The number of carbonyl (C=O) groups excluding carboxylic acids is 1. The van der Waals surface area contributed by atoms with Crippen molar-refractivity contribution in [1.82, 2.24) is 0 Å². The molecule has 1 fully saturated rings. The Bertz CT molecular complexity index is 165. The summed E-state index contributed by atoms with van der Waals surface area (Å²) in [6.07, 6.45) is 6.74. The third-order valence-electron chi connectivity index (χ3n) is 2.84. The van der Waals surface area contributed by atoms with E-state index in [1.54, 1.807) is 0 Å². The summed E-state index contributed by atoms with van der Waals surface area (Å²) in [6.45, 7) is 4.42. The van der Waals surface area contributed by atoms with Gasteiger partial charge in [-0.1, -0.05) is 19.8 Å². The first-order chi connectivity index (χ1) is 6.29. The second kappa shape index (κ2) is 5.25. The van der Waals surface area contributed by atoms with Crippen LogP contribution in [0.25, 0.3) is 0 Å². The van der Waals surface area contributed by atoms with Crippen molar-refractivity contribution in [3.8, 4) is 0 Å². The first-order valence-corrected chi connectivity index (χ1v) is 5.25. The van der Waals surface area contributed by atoms with E-state index in [4.69, 9.17) is 4.74 Å². The van der Waals surface area contributed by atoms with Crippen LogP contribution < -0.4 is 0 Å². The summed E-state index contributed by atoms with van der Waals surface area (Å²) in [5, 5.41) is 0. The van der Waals surface area contributed by atoms with Crippen molar-refractivity contribution >= 4 is 5.97 Å². The molecule has 2 heteroatoms. The zero-order valence-corrected chi connectivity index (χ0v) is 8.58. The molecule has 0 aromatic carbocycles. The van der Waals surface area contributed by atoms with Gasteiger partial charge < -0.3 is 4.74 Å². The van der Waals surface area contributed by atoms with Gasteiger partial charge >= 0.3 is 5.97 Å². The van der Waals surface area contributed by atoms with Gasteiger partial charge in [0.05, 0.1) is 12.5 Å². The highest BCUT2D eigenvalue weighted by Crippen LogP contribution is 2.32. The summed E-state index contributed by atoms with van der Waals surface area (Å²) < 4.78 is 5.05. The molecule has 2 nitrogen and oxygen atoms in total. The maximum Gasteiger partial charge on any atom is 0.309 e. The van der Waals surface area contributed by atoms with Crippen LogP contribution in [0.3, 0.4) is 0 Å². The molecule has 0 saturated heterocycles. The van der Waals surface area contributed by atoms with E-state index >= 15 is 0 Å². The van der Waals surface area contributed by atoms with Gasteiger partial charge in [0.15, 0.2) is 0 Å². The van der Waals surface area contributed by atoms with Gasteiger partial charge in [0.2, 0.25) is 0 Å². The molecule has 0 aromatic rings. The molecular formula is C11H19O2. The van der Waals surface area contributed by atoms with Gasteiger partial charge in [-0.2, -0.15) is 0 Å². The maximum atomic E-state index is 11.5. The van der Waals surface area contributed by atoms with Crippen LogP contribution in [-0.2, 0) is 9.53 Å². The standard InChI is InChI=1S/C11H19O2/c1-3-9-7-5-6-8-10(9)11(12)13-4-2/h3,9-10H,4-8H2,1-2H3. The van der Waals surface area contributed by atoms with Crippen molar-refractivity contribution in [3.63, 3.8) is 0 Å². The van der Waals surface area contributed by atoms with Gasteiger partial charge in [-0.15, -0.1) is 0 Å². The predicted octanol–water partition coefficient (Wildman–Crippen LogP) is 2.58. The third-order valence-corrected chi connectivity index (χ3v) is 2.84. The van der Waals surface area contributed by atoms with Crippen LogP contribution in [0.15, 0.2) is 0 Å². The molecule has 0 N–H and O–H groups in total. The lowest BCUT2D eigenvalue weighted by Gasteiger charge is -2.28. The lowest BCUT2D eigenvalue weighted by atomic mass is 9.78. The summed E-state index contributed by atoms with van der Waals surface area (Å²) >= 11 is 0. The number of hydrogen-bond donors (Lipinski definition) is 0. The Morgan fingerprint density at radius 3 is 2.77 bits per heavy atom. The molecule has 1 rings (SSSR count). The second-order valence-electron chi connectivity index (χ2n) is 3.64. The zero-order chi connectivity index (χ0) is 9.68. The van der Waals surface area contributed by atoms with E-state index in [9.17, 15) is 4.79 Å². The largest absolute Gasteiger partial charge is 0.466 e. The SMILES string of the molecule is C[CH]C1CCCCC1C(=O)OCC. The predicted molar refractivity (Wildman–Crippen MR) is 52.1 cm³/mol. The van der Waals surface area contributed by atoms with Crippen LogP contribution in [-0.4, -0.2) is 12.6 Å². The molecule has 2 atom stereocenters. The minimum Gasteiger partial charge on any atom is -0.466 e. The minimum atomic E-state index is 0.00491. The van der Waals surface area contributed by atoms with Crippen LogP contribution >= 0.6 is 0 Å². The molecule has 1 saturated carbocycles. The lowest BCUT2D eigenvalue weighted by Crippen LogP contribution is -2.28. The molecule has 13 heavy (non-hydrogen) atoms. The van der Waals surface area contributed by atoms with Crippen molar-refractivity contribution < 1.29 is 9.53 Å². The molecule has 1 aliphatic carbocycles. The van der Waals surface area contributed by atoms with E-state index in [0.717, 1.165) is 12.8 Å². The Morgan fingerprint density at radius 1 is 1.46 bits per heavy atom. The van der Waals surface area contributed by atoms with E-state index in [2.05, 4.69) is 6.42 Å². The first-order valence-electron chi connectivity index (χ1n) is 5.25. The Balaban J connectivity index is 2.48. The van der Waals surface area contributed by atoms with E-state index in [-0.39, 0.29) is 11.9 Å². The molecular weight excluding hydrogens is 164 g/mol. The summed E-state index contributed by atoms with van der Waals surface area (Å²) in [4.78, 5) is 11.5. The van der Waals surface area contributed by atoms with Crippen LogP contribution in [0.2, 0.25) is 0 Å². The van der Waals surface area contributed by atoms with Crippen LogP contribution in [0.1, 0.15) is 39.5 Å². The number of ether oxygens (including phenoxy) is 1. The number of hydrogen-bond acceptors (Lipinski definition) is 2. The van der Waals surface area contributed by atoms with Crippen molar-refractivity contribution in [1.29, 1.82) is 0 Å². The maximum absolute atomic E-state index is 11.5. The van der Waals surface area contributed by atoms with E-state index in [1.807, 2.05) is 13.8 Å². The summed E-state index contributed by atoms with van der Waals surface area (Å²) in [6, 6.07) is 0. The monoisotopic (exact) mass is 183 g/mol. The molecule has 1 aliphatic rings. The molecule has 0 spiro atoms. The quantitative estimate of drug-likeness (QED) is 0.629. The van der Waals surface area contributed by atoms with Crippen molar-refractivity contribution in [2.75, 3.05) is 6.61 Å². The van der Waals surface area contributed by atoms with Crippen molar-refractivity contribution in [2.45, 2.75) is 39.5 Å². The molecule has 2 unspecified atom stereocenters. The van der Waals surface area contributed by atoms with Gasteiger partial charge in [-0.3, -0.25) is 4.79 Å². The van der Waals surface area contributed by atoms with E-state index in [0.29, 0.717) is 12.5 Å². The van der Waals surface area contributed by atoms with Gasteiger partial charge in [0, 0.05) is 0 Å². The van der Waals surface area contributed by atoms with Gasteiger partial charge in [-0.05, 0) is 32.1 Å². The Hall–Kier alpha value is -0.530. The lowest BCUT2D eigenvalue weighted by molar-refractivity contribution is -0.150.